The molecule has 4 atom stereocenters. The lowest BCUT2D eigenvalue weighted by Crippen LogP contribution is -2.33. The lowest BCUT2D eigenvalue weighted by molar-refractivity contribution is -0.384. The standard InChI is InChI=1S/C24H24N8O7/c25-21-18-22(27-12-26-21)31(23-20(35)19(34)17(10-33)39-23)24(29-18)30-28-9-14-3-1-2-4-16(14)38-11-13-5-7-15(8-6-13)32(36)37/h1-9,12,17,19-20,23,33-35H,10-11H2,(H,29,30)(H2,25,26,27)/t17-,19-,20-,23-/m0/s1. The predicted octanol–water partition coefficient (Wildman–Crippen LogP) is 0.953. The quantitative estimate of drug-likeness (QED) is 0.115. The molecule has 0 radical (unpaired) electrons. The summed E-state index contributed by atoms with van der Waals surface area (Å²) in [5.74, 6) is 0.684. The Morgan fingerprint density at radius 1 is 1.18 bits per heavy atom. The van der Waals surface area contributed by atoms with Gasteiger partial charge in [-0.05, 0) is 29.8 Å². The highest BCUT2D eigenvalue weighted by atomic mass is 16.6. The van der Waals surface area contributed by atoms with Gasteiger partial charge in [0.2, 0.25) is 5.95 Å². The van der Waals surface area contributed by atoms with Crippen LogP contribution in [0.15, 0.2) is 60.0 Å². The van der Waals surface area contributed by atoms with E-state index >= 15 is 0 Å². The molecule has 1 fully saturated rings. The molecule has 15 nitrogen and oxygen atoms in total. The monoisotopic (exact) mass is 536 g/mol. The number of nitrogens with two attached hydrogens (primary N) is 1. The van der Waals surface area contributed by atoms with E-state index in [0.717, 1.165) is 5.56 Å². The molecular formula is C24H24N8O7. The first-order valence-corrected chi connectivity index (χ1v) is 11.7. The number of benzene rings is 2. The summed E-state index contributed by atoms with van der Waals surface area (Å²) in [7, 11) is 0. The average molecular weight is 537 g/mol. The van der Waals surface area contributed by atoms with Gasteiger partial charge in [0, 0.05) is 17.7 Å². The van der Waals surface area contributed by atoms with Gasteiger partial charge in [-0.3, -0.25) is 14.7 Å². The number of aliphatic hydroxyl groups excluding tert-OH is 3. The molecule has 1 saturated heterocycles. The van der Waals surface area contributed by atoms with Crippen molar-refractivity contribution in [1.29, 1.82) is 0 Å². The van der Waals surface area contributed by atoms with Gasteiger partial charge in [-0.1, -0.05) is 12.1 Å². The van der Waals surface area contributed by atoms with E-state index in [9.17, 15) is 25.4 Å². The van der Waals surface area contributed by atoms with Crippen molar-refractivity contribution >= 4 is 34.8 Å². The number of imidazole rings is 1. The van der Waals surface area contributed by atoms with Crippen LogP contribution >= 0.6 is 0 Å². The molecule has 202 valence electrons. The summed E-state index contributed by atoms with van der Waals surface area (Å²) in [6, 6.07) is 13.2. The summed E-state index contributed by atoms with van der Waals surface area (Å²) < 4.78 is 12.9. The van der Waals surface area contributed by atoms with Crippen molar-refractivity contribution in [1.82, 2.24) is 19.5 Å². The maximum atomic E-state index is 10.9. The van der Waals surface area contributed by atoms with Gasteiger partial charge in [0.1, 0.15) is 37.0 Å². The third-order valence-corrected chi connectivity index (χ3v) is 6.11. The minimum absolute atomic E-state index is 0.00645. The van der Waals surface area contributed by atoms with Crippen LogP contribution < -0.4 is 15.9 Å². The summed E-state index contributed by atoms with van der Waals surface area (Å²) >= 11 is 0. The molecule has 2 aromatic heterocycles. The number of hydrogen-bond acceptors (Lipinski definition) is 13. The van der Waals surface area contributed by atoms with Crippen LogP contribution in [-0.2, 0) is 11.3 Å². The number of para-hydroxylation sites is 1. The zero-order valence-electron chi connectivity index (χ0n) is 20.2. The number of nitrogens with zero attached hydrogens (tertiary/aromatic N) is 6. The third kappa shape index (κ3) is 5.19. The fraction of sp³-hybridized carbons (Fsp3) is 0.250. The van der Waals surface area contributed by atoms with E-state index in [-0.39, 0.29) is 35.2 Å². The number of non-ortho nitro benzene ring substituents is 1. The Hall–Kier alpha value is -4.70. The molecule has 1 aliphatic rings. The second kappa shape index (κ2) is 11.0. The van der Waals surface area contributed by atoms with Gasteiger partial charge in [-0.2, -0.15) is 5.10 Å². The second-order valence-corrected chi connectivity index (χ2v) is 8.59. The highest BCUT2D eigenvalue weighted by Gasteiger charge is 2.45. The number of nitrogen functional groups attached to an aromatic ring is 1. The fourth-order valence-electron chi connectivity index (χ4n) is 4.09. The smallest absolute Gasteiger partial charge is 0.269 e. The molecule has 0 aliphatic carbocycles. The van der Waals surface area contributed by atoms with Crippen LogP contribution in [0.25, 0.3) is 11.2 Å². The van der Waals surface area contributed by atoms with E-state index in [4.69, 9.17) is 15.2 Å². The van der Waals surface area contributed by atoms with Crippen molar-refractivity contribution in [2.45, 2.75) is 31.1 Å². The molecule has 3 heterocycles. The number of nitrogens with one attached hydrogen (secondary N) is 1. The van der Waals surface area contributed by atoms with Crippen molar-refractivity contribution < 1.29 is 29.7 Å². The molecule has 4 aromatic rings. The van der Waals surface area contributed by atoms with Gasteiger partial charge < -0.3 is 30.5 Å². The Kier molecular flexibility index (Phi) is 7.29. The minimum atomic E-state index is -1.39. The Balaban J connectivity index is 1.37. The topological polar surface area (TPSA) is 216 Å². The van der Waals surface area contributed by atoms with Crippen LogP contribution in [0, 0.1) is 10.1 Å². The summed E-state index contributed by atoms with van der Waals surface area (Å²) in [5, 5.41) is 45.4. The highest BCUT2D eigenvalue weighted by Crippen LogP contribution is 2.35. The number of fused-ring (bicyclic) bond motifs is 1. The van der Waals surface area contributed by atoms with Gasteiger partial charge in [-0.25, -0.2) is 20.4 Å². The molecule has 0 saturated carbocycles. The molecule has 6 N–H and O–H groups in total. The molecule has 0 amide bonds. The van der Waals surface area contributed by atoms with Crippen LogP contribution in [0.5, 0.6) is 5.75 Å². The number of anilines is 2. The van der Waals surface area contributed by atoms with Gasteiger partial charge in [-0.15, -0.1) is 0 Å². The first-order chi connectivity index (χ1) is 18.9. The number of hydrazone groups is 1. The molecule has 1 aliphatic heterocycles. The van der Waals surface area contributed by atoms with Crippen LogP contribution in [-0.4, -0.2) is 70.9 Å². The number of hydrogen-bond donors (Lipinski definition) is 5. The lowest BCUT2D eigenvalue weighted by atomic mass is 10.1. The van der Waals surface area contributed by atoms with Crippen molar-refractivity contribution in [3.63, 3.8) is 0 Å². The van der Waals surface area contributed by atoms with E-state index < -0.39 is 36.1 Å². The fourth-order valence-corrected chi connectivity index (χ4v) is 4.09. The van der Waals surface area contributed by atoms with E-state index in [0.29, 0.717) is 11.3 Å². The van der Waals surface area contributed by atoms with E-state index in [1.807, 2.05) is 0 Å². The molecule has 2 aromatic carbocycles. The SMILES string of the molecule is Nc1ncnc2c1nc(NN=Cc1ccccc1OCc1ccc([N+](=O)[O-])cc1)n2[C@H]1O[C@@H](CO)[C@H](O)[C@@H]1O. The zero-order chi connectivity index (χ0) is 27.5. The van der Waals surface area contributed by atoms with E-state index in [2.05, 4.69) is 25.5 Å². The van der Waals surface area contributed by atoms with Crippen molar-refractivity contribution in [3.05, 3.63) is 76.1 Å². The van der Waals surface area contributed by atoms with Crippen molar-refractivity contribution in [2.75, 3.05) is 17.8 Å². The third-order valence-electron chi connectivity index (χ3n) is 6.11. The number of aromatic nitrogens is 4. The molecule has 0 bridgehead atoms. The number of nitro groups is 1. The maximum absolute atomic E-state index is 10.9. The summed E-state index contributed by atoms with van der Waals surface area (Å²) in [6.45, 7) is -0.328. The molecule has 0 spiro atoms. The number of nitro benzene ring substituents is 1. The van der Waals surface area contributed by atoms with Crippen LogP contribution in [0.4, 0.5) is 17.5 Å². The number of rotatable bonds is 9. The van der Waals surface area contributed by atoms with Crippen LogP contribution in [0.3, 0.4) is 0 Å². The number of ether oxygens (including phenoxy) is 2. The van der Waals surface area contributed by atoms with Crippen LogP contribution in [0.1, 0.15) is 17.4 Å². The van der Waals surface area contributed by atoms with Crippen LogP contribution in [0.2, 0.25) is 0 Å². The Bertz CT molecular complexity index is 1510. The summed E-state index contributed by atoms with van der Waals surface area (Å²) in [4.78, 5) is 22.9. The Morgan fingerprint density at radius 2 is 1.95 bits per heavy atom. The summed E-state index contributed by atoms with van der Waals surface area (Å²) in [6.07, 6.45) is -2.19. The van der Waals surface area contributed by atoms with Crippen molar-refractivity contribution in [3.8, 4) is 5.75 Å². The average Bonchev–Trinajstić information content (AvgIpc) is 3.45. The maximum Gasteiger partial charge on any atom is 0.269 e. The van der Waals surface area contributed by atoms with Gasteiger partial charge in [0.15, 0.2) is 23.2 Å². The highest BCUT2D eigenvalue weighted by molar-refractivity contribution is 5.85. The largest absolute Gasteiger partial charge is 0.488 e. The van der Waals surface area contributed by atoms with Crippen molar-refractivity contribution in [2.24, 2.45) is 5.10 Å². The number of aliphatic hydroxyl groups is 3. The van der Waals surface area contributed by atoms with Gasteiger partial charge in [0.05, 0.1) is 17.7 Å². The van der Waals surface area contributed by atoms with Gasteiger partial charge >= 0.3 is 0 Å². The normalized spacial score (nSPS) is 21.0. The first-order valence-electron chi connectivity index (χ1n) is 11.7. The molecular weight excluding hydrogens is 512 g/mol. The van der Waals surface area contributed by atoms with E-state index in [1.54, 1.807) is 36.4 Å². The lowest BCUT2D eigenvalue weighted by Gasteiger charge is -2.18. The molecule has 0 unspecified atom stereocenters. The molecule has 5 rings (SSSR count). The molecule has 15 heteroatoms. The first kappa shape index (κ1) is 25.9. The Labute approximate surface area is 220 Å². The Morgan fingerprint density at radius 3 is 2.67 bits per heavy atom. The second-order valence-electron chi connectivity index (χ2n) is 8.59. The minimum Gasteiger partial charge on any atom is -0.488 e. The van der Waals surface area contributed by atoms with E-state index in [1.165, 1.54) is 29.2 Å². The zero-order valence-corrected chi connectivity index (χ0v) is 20.2. The summed E-state index contributed by atoms with van der Waals surface area (Å²) in [5.41, 5.74) is 10.5. The molecule has 39 heavy (non-hydrogen) atoms. The van der Waals surface area contributed by atoms with Gasteiger partial charge in [0.25, 0.3) is 5.69 Å². The predicted molar refractivity (Wildman–Crippen MR) is 138 cm³/mol.